The van der Waals surface area contributed by atoms with Crippen LogP contribution in [-0.2, 0) is 4.74 Å². The van der Waals surface area contributed by atoms with Crippen molar-refractivity contribution in [2.45, 2.75) is 45.1 Å². The van der Waals surface area contributed by atoms with Crippen LogP contribution in [0.1, 0.15) is 39.5 Å². The van der Waals surface area contributed by atoms with Crippen LogP contribution in [0.2, 0.25) is 0 Å². The van der Waals surface area contributed by atoms with Gasteiger partial charge in [-0.2, -0.15) is 0 Å². The van der Waals surface area contributed by atoms with Gasteiger partial charge in [0.15, 0.2) is 5.96 Å². The van der Waals surface area contributed by atoms with Crippen molar-refractivity contribution in [2.24, 2.45) is 10.9 Å². The number of aliphatic imine (C=N–C) groups is 1. The Hall–Kier alpha value is -0.0800. The van der Waals surface area contributed by atoms with E-state index in [0.29, 0.717) is 32.6 Å². The summed E-state index contributed by atoms with van der Waals surface area (Å²) >= 11 is 0. The predicted octanol–water partition coefficient (Wildman–Crippen LogP) is 1.84. The molecule has 0 bridgehead atoms. The van der Waals surface area contributed by atoms with Crippen LogP contribution < -0.4 is 5.32 Å². The number of hydrogen-bond acceptors (Lipinski definition) is 3. The number of piperidine rings is 1. The number of ether oxygens (including phenoxy) is 1. The maximum atomic E-state index is 10.5. The molecule has 0 aliphatic carbocycles. The molecule has 2 aliphatic heterocycles. The molecule has 6 heteroatoms. The molecule has 0 aromatic heterocycles. The Bertz CT molecular complexity index is 325. The van der Waals surface area contributed by atoms with Gasteiger partial charge in [-0.25, -0.2) is 0 Å². The Balaban J connectivity index is 0.00000220. The highest BCUT2D eigenvalue weighted by atomic mass is 127. The summed E-state index contributed by atoms with van der Waals surface area (Å²) in [6.07, 6.45) is 3.82. The number of guanidine groups is 1. The number of hydrogen-bond donors (Lipinski definition) is 2. The Morgan fingerprint density at radius 2 is 1.95 bits per heavy atom. The quantitative estimate of drug-likeness (QED) is 0.423. The molecule has 0 atom stereocenters. The minimum atomic E-state index is -0.679. The molecule has 21 heavy (non-hydrogen) atoms. The van der Waals surface area contributed by atoms with Gasteiger partial charge >= 0.3 is 0 Å². The van der Waals surface area contributed by atoms with Crippen molar-refractivity contribution in [3.8, 4) is 0 Å². The van der Waals surface area contributed by atoms with E-state index in [0.717, 1.165) is 31.5 Å². The molecule has 0 aromatic carbocycles. The Morgan fingerprint density at radius 3 is 2.52 bits per heavy atom. The van der Waals surface area contributed by atoms with E-state index in [9.17, 15) is 5.11 Å². The molecule has 2 aliphatic rings. The van der Waals surface area contributed by atoms with Gasteiger partial charge in [0.1, 0.15) is 0 Å². The minimum Gasteiger partial charge on any atom is -0.388 e. The number of halogens is 1. The minimum absolute atomic E-state index is 0. The van der Waals surface area contributed by atoms with E-state index < -0.39 is 5.60 Å². The lowest BCUT2D eigenvalue weighted by Crippen LogP contribution is -2.47. The van der Waals surface area contributed by atoms with Crippen LogP contribution in [0.25, 0.3) is 0 Å². The molecule has 0 aromatic rings. The average molecular weight is 411 g/mol. The van der Waals surface area contributed by atoms with E-state index >= 15 is 0 Å². The number of nitrogens with one attached hydrogen (secondary N) is 1. The lowest BCUT2D eigenvalue weighted by Gasteiger charge is -2.34. The number of likely N-dealkylation sites (tertiary alicyclic amines) is 1. The van der Waals surface area contributed by atoms with Crippen molar-refractivity contribution in [1.29, 1.82) is 0 Å². The monoisotopic (exact) mass is 411 g/mol. The van der Waals surface area contributed by atoms with E-state index in [1.165, 1.54) is 12.8 Å². The summed E-state index contributed by atoms with van der Waals surface area (Å²) in [5, 5.41) is 13.9. The van der Waals surface area contributed by atoms with Crippen molar-refractivity contribution in [2.75, 3.05) is 39.4 Å². The molecule has 2 rings (SSSR count). The fraction of sp³-hybridized carbons (Fsp3) is 0.933. The van der Waals surface area contributed by atoms with Crippen LogP contribution in [0, 0.1) is 5.92 Å². The molecule has 2 fully saturated rings. The van der Waals surface area contributed by atoms with Crippen LogP contribution in [-0.4, -0.2) is 61.0 Å². The van der Waals surface area contributed by atoms with Gasteiger partial charge in [0.25, 0.3) is 0 Å². The Morgan fingerprint density at radius 1 is 1.33 bits per heavy atom. The van der Waals surface area contributed by atoms with Crippen LogP contribution in [0.15, 0.2) is 4.99 Å². The maximum absolute atomic E-state index is 10.5. The van der Waals surface area contributed by atoms with Gasteiger partial charge in [0, 0.05) is 45.7 Å². The highest BCUT2D eigenvalue weighted by molar-refractivity contribution is 14.0. The second kappa shape index (κ2) is 9.15. The van der Waals surface area contributed by atoms with Gasteiger partial charge in [-0.1, -0.05) is 6.92 Å². The molecule has 0 saturated carbocycles. The summed E-state index contributed by atoms with van der Waals surface area (Å²) < 4.78 is 5.31. The van der Waals surface area contributed by atoms with Gasteiger partial charge in [-0.05, 0) is 25.7 Å². The fourth-order valence-corrected chi connectivity index (χ4v) is 2.78. The average Bonchev–Trinajstić information content (AvgIpc) is 2.45. The molecule has 2 N–H and O–H groups in total. The van der Waals surface area contributed by atoms with E-state index in [1.807, 2.05) is 0 Å². The van der Waals surface area contributed by atoms with Crippen LogP contribution in [0.3, 0.4) is 0 Å². The van der Waals surface area contributed by atoms with Crippen LogP contribution in [0.5, 0.6) is 0 Å². The number of rotatable bonds is 3. The van der Waals surface area contributed by atoms with Gasteiger partial charge in [-0.3, -0.25) is 4.99 Å². The maximum Gasteiger partial charge on any atom is 0.194 e. The third-order valence-corrected chi connectivity index (χ3v) is 4.36. The summed E-state index contributed by atoms with van der Waals surface area (Å²) in [4.78, 5) is 7.01. The molecule has 2 saturated heterocycles. The van der Waals surface area contributed by atoms with E-state index in [4.69, 9.17) is 4.74 Å². The highest BCUT2D eigenvalue weighted by Crippen LogP contribution is 2.21. The first-order valence-corrected chi connectivity index (χ1v) is 7.96. The summed E-state index contributed by atoms with van der Waals surface area (Å²) in [7, 11) is 0. The first kappa shape index (κ1) is 19.0. The normalized spacial score (nSPS) is 23.6. The molecule has 0 spiro atoms. The molecular formula is C15H30IN3O2. The van der Waals surface area contributed by atoms with E-state index in [1.54, 1.807) is 0 Å². The smallest absolute Gasteiger partial charge is 0.194 e. The van der Waals surface area contributed by atoms with Gasteiger partial charge in [0.2, 0.25) is 0 Å². The molecule has 0 unspecified atom stereocenters. The number of nitrogens with zero attached hydrogens (tertiary/aromatic N) is 2. The Labute approximate surface area is 145 Å². The predicted molar refractivity (Wildman–Crippen MR) is 96.4 cm³/mol. The van der Waals surface area contributed by atoms with Crippen molar-refractivity contribution >= 4 is 29.9 Å². The topological polar surface area (TPSA) is 57.1 Å². The summed E-state index contributed by atoms with van der Waals surface area (Å²) in [6.45, 7) is 9.16. The van der Waals surface area contributed by atoms with Crippen molar-refractivity contribution in [3.05, 3.63) is 0 Å². The molecular weight excluding hydrogens is 381 g/mol. The lowest BCUT2D eigenvalue weighted by molar-refractivity contribution is -0.0567. The Kier molecular flexibility index (Phi) is 8.26. The molecule has 0 radical (unpaired) electrons. The van der Waals surface area contributed by atoms with Crippen molar-refractivity contribution < 1.29 is 9.84 Å². The zero-order chi connectivity index (χ0) is 14.4. The number of aliphatic hydroxyl groups is 1. The van der Waals surface area contributed by atoms with Crippen LogP contribution in [0.4, 0.5) is 0 Å². The summed E-state index contributed by atoms with van der Waals surface area (Å²) in [5.41, 5.74) is -0.679. The van der Waals surface area contributed by atoms with E-state index in [2.05, 4.69) is 29.1 Å². The standard InChI is InChI=1S/C15H29N3O2.HI/c1-3-16-14(18-8-4-13(2)5-9-18)17-12-15(19)6-10-20-11-7-15;/h13,19H,3-12H2,1-2H3,(H,16,17);1H. The van der Waals surface area contributed by atoms with Crippen molar-refractivity contribution in [3.63, 3.8) is 0 Å². The first-order valence-electron chi connectivity index (χ1n) is 7.96. The van der Waals surface area contributed by atoms with Gasteiger partial charge in [-0.15, -0.1) is 24.0 Å². The second-order valence-corrected chi connectivity index (χ2v) is 6.18. The summed E-state index contributed by atoms with van der Waals surface area (Å²) in [6, 6.07) is 0. The van der Waals surface area contributed by atoms with E-state index in [-0.39, 0.29) is 24.0 Å². The van der Waals surface area contributed by atoms with Gasteiger partial charge in [0.05, 0.1) is 12.1 Å². The van der Waals surface area contributed by atoms with Gasteiger partial charge < -0.3 is 20.1 Å². The SMILES string of the molecule is CCNC(=NCC1(O)CCOCC1)N1CCC(C)CC1.I. The highest BCUT2D eigenvalue weighted by Gasteiger charge is 2.30. The zero-order valence-corrected chi connectivity index (χ0v) is 15.6. The third kappa shape index (κ3) is 5.90. The van der Waals surface area contributed by atoms with Crippen LogP contribution >= 0.6 is 24.0 Å². The lowest BCUT2D eigenvalue weighted by atomic mass is 9.95. The fourth-order valence-electron chi connectivity index (χ4n) is 2.78. The van der Waals surface area contributed by atoms with Crippen molar-refractivity contribution in [1.82, 2.24) is 10.2 Å². The molecule has 5 nitrogen and oxygen atoms in total. The third-order valence-electron chi connectivity index (χ3n) is 4.36. The molecule has 124 valence electrons. The zero-order valence-electron chi connectivity index (χ0n) is 13.3. The largest absolute Gasteiger partial charge is 0.388 e. The molecule has 2 heterocycles. The second-order valence-electron chi connectivity index (χ2n) is 6.18. The summed E-state index contributed by atoms with van der Waals surface area (Å²) in [5.74, 6) is 1.77. The molecule has 0 amide bonds. The first-order chi connectivity index (χ1) is 9.63.